The molecule has 0 spiro atoms. The fourth-order valence-corrected chi connectivity index (χ4v) is 7.73. The fraction of sp³-hybridized carbons (Fsp3) is 0.559. The van der Waals surface area contributed by atoms with E-state index in [9.17, 15) is 14.4 Å². The molecule has 256 valence electrons. The molecule has 4 heterocycles. The number of aryl methyl sites for hydroxylation is 1. The summed E-state index contributed by atoms with van der Waals surface area (Å²) in [7, 11) is 2.18. The summed E-state index contributed by atoms with van der Waals surface area (Å²) < 4.78 is 0.854. The second kappa shape index (κ2) is 16.0. The largest absolute Gasteiger partial charge is 0.465 e. The number of amides is 4. The van der Waals surface area contributed by atoms with Gasteiger partial charge in [0, 0.05) is 81.1 Å². The molecule has 2 aromatic rings. The lowest BCUT2D eigenvalue weighted by molar-refractivity contribution is -0.134. The zero-order chi connectivity index (χ0) is 33.7. The van der Waals surface area contributed by atoms with Gasteiger partial charge in [0.1, 0.15) is 0 Å². The first-order valence-corrected chi connectivity index (χ1v) is 17.7. The number of benzene rings is 2. The van der Waals surface area contributed by atoms with Crippen LogP contribution in [-0.2, 0) is 17.8 Å². The molecular formula is C34H47BrClN7O4. The number of halogens is 2. The van der Waals surface area contributed by atoms with Crippen LogP contribution in [0.2, 0.25) is 5.02 Å². The summed E-state index contributed by atoms with van der Waals surface area (Å²) in [6.45, 7) is 9.72. The Bertz CT molecular complexity index is 1400. The number of rotatable bonds is 5. The second-order valence-corrected chi connectivity index (χ2v) is 14.4. The van der Waals surface area contributed by atoms with Crippen molar-refractivity contribution in [2.24, 2.45) is 5.73 Å². The number of piperazine rings is 1. The van der Waals surface area contributed by atoms with Crippen molar-refractivity contribution in [1.82, 2.24) is 24.5 Å². The Morgan fingerprint density at radius 3 is 2.23 bits per heavy atom. The quantitative estimate of drug-likeness (QED) is 0.408. The van der Waals surface area contributed by atoms with Gasteiger partial charge in [-0.2, -0.15) is 0 Å². The average Bonchev–Trinajstić information content (AvgIpc) is 3.07. The van der Waals surface area contributed by atoms with Gasteiger partial charge in [-0.3, -0.25) is 9.69 Å². The molecule has 13 heteroatoms. The Balaban J connectivity index is 0.000000193. The molecule has 4 aliphatic heterocycles. The lowest BCUT2D eigenvalue weighted by Crippen LogP contribution is -2.54. The van der Waals surface area contributed by atoms with E-state index in [2.05, 4.69) is 38.1 Å². The van der Waals surface area contributed by atoms with Gasteiger partial charge in [-0.15, -0.1) is 0 Å². The van der Waals surface area contributed by atoms with E-state index >= 15 is 0 Å². The maximum atomic E-state index is 12.8. The number of hydrogen-bond donors (Lipinski definition) is 3. The van der Waals surface area contributed by atoms with E-state index in [-0.39, 0.29) is 18.0 Å². The van der Waals surface area contributed by atoms with E-state index in [4.69, 9.17) is 22.4 Å². The molecule has 1 unspecified atom stereocenters. The van der Waals surface area contributed by atoms with Crippen molar-refractivity contribution in [2.75, 3.05) is 64.7 Å². The Kier molecular flexibility index (Phi) is 12.1. The van der Waals surface area contributed by atoms with E-state index in [0.717, 1.165) is 79.0 Å². The summed E-state index contributed by atoms with van der Waals surface area (Å²) in [5.74, 6) is 0.0653. The Morgan fingerprint density at radius 1 is 0.979 bits per heavy atom. The first-order chi connectivity index (χ1) is 22.5. The van der Waals surface area contributed by atoms with Crippen LogP contribution in [0.25, 0.3) is 0 Å². The van der Waals surface area contributed by atoms with Crippen molar-refractivity contribution in [2.45, 2.75) is 63.7 Å². The van der Waals surface area contributed by atoms with E-state index in [1.165, 1.54) is 4.90 Å². The number of nitrogens with one attached hydrogen (secondary N) is 1. The maximum absolute atomic E-state index is 12.8. The molecule has 1 atom stereocenters. The van der Waals surface area contributed by atoms with Crippen molar-refractivity contribution in [1.29, 1.82) is 0 Å². The highest BCUT2D eigenvalue weighted by Gasteiger charge is 2.33. The molecule has 4 amide bonds. The third-order valence-corrected chi connectivity index (χ3v) is 11.3. The van der Waals surface area contributed by atoms with Crippen molar-refractivity contribution >= 4 is 51.2 Å². The minimum Gasteiger partial charge on any atom is -0.465 e. The van der Waals surface area contributed by atoms with E-state index < -0.39 is 12.1 Å². The molecule has 4 N–H and O–H groups in total. The first kappa shape index (κ1) is 35.4. The van der Waals surface area contributed by atoms with Crippen LogP contribution in [0.4, 0.5) is 15.3 Å². The summed E-state index contributed by atoms with van der Waals surface area (Å²) in [4.78, 5) is 46.0. The predicted octanol–water partition coefficient (Wildman–Crippen LogP) is 4.70. The van der Waals surface area contributed by atoms with Crippen LogP contribution in [0.15, 0.2) is 40.9 Å². The number of fused-ring (bicyclic) bond motifs is 1. The smallest absolute Gasteiger partial charge is 0.407 e. The second-order valence-electron chi connectivity index (χ2n) is 13.1. The van der Waals surface area contributed by atoms with Gasteiger partial charge < -0.3 is 35.8 Å². The monoisotopic (exact) mass is 731 g/mol. The normalized spacial score (nSPS) is 20.6. The Morgan fingerprint density at radius 2 is 1.60 bits per heavy atom. The van der Waals surface area contributed by atoms with Gasteiger partial charge in [-0.25, -0.2) is 9.59 Å². The molecule has 3 saturated heterocycles. The number of carbonyl (C=O) groups is 3. The molecule has 0 saturated carbocycles. The maximum Gasteiger partial charge on any atom is 0.407 e. The molecule has 47 heavy (non-hydrogen) atoms. The number of piperidine rings is 2. The SMILES string of the molecule is Cc1cc(CC(N)C(=O)N2CCC(N3CCN(C)CC3)CC2)cc(Br)c1Cl.O=C(O)N1CCC(N2Cc3ccccc3NC2=O)CC1. The number of urea groups is 1. The van der Waals surface area contributed by atoms with E-state index in [0.29, 0.717) is 50.0 Å². The number of carboxylic acid groups (broad SMARTS) is 1. The first-order valence-electron chi connectivity index (χ1n) is 16.5. The van der Waals surface area contributed by atoms with E-state index in [1.54, 1.807) is 0 Å². The van der Waals surface area contributed by atoms with Gasteiger partial charge in [0.25, 0.3) is 0 Å². The summed E-state index contributed by atoms with van der Waals surface area (Å²) in [5, 5.41) is 12.6. The van der Waals surface area contributed by atoms with Crippen LogP contribution in [0.3, 0.4) is 0 Å². The Labute approximate surface area is 291 Å². The third kappa shape index (κ3) is 8.97. The van der Waals surface area contributed by atoms with Gasteiger partial charge >= 0.3 is 12.1 Å². The van der Waals surface area contributed by atoms with Crippen molar-refractivity contribution < 1.29 is 19.5 Å². The summed E-state index contributed by atoms with van der Waals surface area (Å²) in [6.07, 6.45) is 3.15. The minimum atomic E-state index is -0.878. The zero-order valence-corrected chi connectivity index (χ0v) is 29.7. The number of likely N-dealkylation sites (N-methyl/N-ethyl adjacent to an activating group) is 1. The van der Waals surface area contributed by atoms with Gasteiger partial charge in [0.15, 0.2) is 0 Å². The standard InChI is InChI=1S/C20H30BrClN4O.C14H17N3O3/c1-14-11-15(12-17(21)19(14)22)13-18(23)20(27)26-5-3-16(4-6-26)25-9-7-24(2)8-10-25;18-13-15-12-4-2-1-3-10(12)9-17(13)11-5-7-16(8-6-11)14(19)20/h11-12,16,18H,3-10,13,23H2,1-2H3;1-4,11H,5-9H2,(H,15,18)(H,19,20). The molecule has 0 aliphatic carbocycles. The van der Waals surface area contributed by atoms with Crippen LogP contribution in [0, 0.1) is 6.92 Å². The van der Waals surface area contributed by atoms with Gasteiger partial charge in [0.05, 0.1) is 11.1 Å². The van der Waals surface area contributed by atoms with Gasteiger partial charge in [0.2, 0.25) is 5.91 Å². The lowest BCUT2D eigenvalue weighted by Gasteiger charge is -2.42. The number of carbonyl (C=O) groups excluding carboxylic acids is 2. The van der Waals surface area contributed by atoms with Crippen LogP contribution in [0.5, 0.6) is 0 Å². The number of nitrogens with zero attached hydrogens (tertiary/aromatic N) is 5. The molecule has 3 fully saturated rings. The summed E-state index contributed by atoms with van der Waals surface area (Å²) in [5.41, 5.74) is 10.3. The summed E-state index contributed by atoms with van der Waals surface area (Å²) in [6, 6.07) is 11.9. The molecule has 11 nitrogen and oxygen atoms in total. The number of hydrogen-bond acceptors (Lipinski definition) is 6. The number of anilines is 1. The van der Waals surface area contributed by atoms with Crippen LogP contribution < -0.4 is 11.1 Å². The average molecular weight is 733 g/mol. The van der Waals surface area contributed by atoms with Gasteiger partial charge in [-0.05, 0) is 90.8 Å². The molecule has 0 radical (unpaired) electrons. The highest BCUT2D eigenvalue weighted by atomic mass is 79.9. The molecule has 6 rings (SSSR count). The molecule has 0 aromatic heterocycles. The van der Waals surface area contributed by atoms with Crippen molar-refractivity contribution in [3.63, 3.8) is 0 Å². The summed E-state index contributed by atoms with van der Waals surface area (Å²) >= 11 is 9.67. The zero-order valence-electron chi connectivity index (χ0n) is 27.3. The third-order valence-electron chi connectivity index (χ3n) is 9.91. The highest BCUT2D eigenvalue weighted by molar-refractivity contribution is 9.10. The molecule has 4 aliphatic rings. The topological polar surface area (TPSA) is 126 Å². The van der Waals surface area contributed by atoms with Crippen LogP contribution in [0.1, 0.15) is 42.4 Å². The molecular weight excluding hydrogens is 686 g/mol. The Hall–Kier alpha value is -2.90. The molecule has 2 aromatic carbocycles. The molecule has 0 bridgehead atoms. The van der Waals surface area contributed by atoms with Crippen LogP contribution >= 0.6 is 27.5 Å². The number of para-hydroxylation sites is 1. The van der Waals surface area contributed by atoms with Crippen LogP contribution in [-0.4, -0.2) is 125 Å². The van der Waals surface area contributed by atoms with Gasteiger partial charge in [-0.1, -0.05) is 35.9 Å². The number of nitrogens with two attached hydrogens (primary N) is 1. The highest BCUT2D eigenvalue weighted by Crippen LogP contribution is 2.29. The number of likely N-dealkylation sites (tertiary alicyclic amines) is 2. The van der Waals surface area contributed by atoms with Crippen molar-refractivity contribution in [3.8, 4) is 0 Å². The van der Waals surface area contributed by atoms with Crippen molar-refractivity contribution in [3.05, 3.63) is 62.6 Å². The predicted molar refractivity (Wildman–Crippen MR) is 188 cm³/mol. The van der Waals surface area contributed by atoms with E-state index in [1.807, 2.05) is 53.1 Å². The fourth-order valence-electron chi connectivity index (χ4n) is 7.02. The lowest BCUT2D eigenvalue weighted by atomic mass is 9.99. The minimum absolute atomic E-state index is 0.0653.